The van der Waals surface area contributed by atoms with Gasteiger partial charge in [0.2, 0.25) is 0 Å². The van der Waals surface area contributed by atoms with Crippen molar-refractivity contribution < 1.29 is 0 Å². The molecule has 0 saturated carbocycles. The van der Waals surface area contributed by atoms with Gasteiger partial charge in [0.25, 0.3) is 9.28 Å². The fraction of sp³-hybridized carbons (Fsp3) is 1.00. The van der Waals surface area contributed by atoms with Crippen molar-refractivity contribution in [2.24, 2.45) is 0 Å². The maximum absolute atomic E-state index is 3.53. The van der Waals surface area contributed by atoms with Crippen LogP contribution in [0.1, 0.15) is 27.7 Å². The van der Waals surface area contributed by atoms with Gasteiger partial charge in [-0.1, -0.05) is 6.92 Å². The minimum Gasteiger partial charge on any atom is -0.319 e. The summed E-state index contributed by atoms with van der Waals surface area (Å²) in [6, 6.07) is 0. The second-order valence-corrected chi connectivity index (χ2v) is 7.14. The molecule has 0 bridgehead atoms. The number of nitrogens with zero attached hydrogens (tertiary/aromatic N) is 1. The SMILES string of the molecule is CCN(CCN[SiH](NC)NC)C(C)(C)C. The lowest BCUT2D eigenvalue weighted by Crippen LogP contribution is -2.57. The van der Waals surface area contributed by atoms with Crippen LogP contribution in [0.15, 0.2) is 0 Å². The Bertz CT molecular complexity index is 154. The fourth-order valence-electron chi connectivity index (χ4n) is 1.66. The lowest BCUT2D eigenvalue weighted by Gasteiger charge is -2.35. The highest BCUT2D eigenvalue weighted by Gasteiger charge is 2.18. The molecule has 0 aromatic heterocycles. The molecule has 15 heavy (non-hydrogen) atoms. The van der Waals surface area contributed by atoms with E-state index >= 15 is 0 Å². The van der Waals surface area contributed by atoms with Gasteiger partial charge in [-0.05, 0) is 41.4 Å². The summed E-state index contributed by atoms with van der Waals surface area (Å²) in [6.07, 6.45) is 0. The van der Waals surface area contributed by atoms with Crippen LogP contribution in [-0.4, -0.2) is 53.4 Å². The van der Waals surface area contributed by atoms with E-state index in [0.29, 0.717) is 0 Å². The zero-order valence-electron chi connectivity index (χ0n) is 11.1. The Labute approximate surface area is 96.7 Å². The minimum atomic E-state index is -1.09. The smallest absolute Gasteiger partial charge is 0.264 e. The van der Waals surface area contributed by atoms with Crippen LogP contribution in [0.25, 0.3) is 0 Å². The molecule has 3 N–H and O–H groups in total. The average molecular weight is 232 g/mol. The molecule has 0 fully saturated rings. The standard InChI is InChI=1S/C10H28N4Si/c1-7-14(10(2,3)4)9-8-13-15(11-5)12-6/h11-13,15H,7-9H2,1-6H3. The summed E-state index contributed by atoms with van der Waals surface area (Å²) >= 11 is 0. The van der Waals surface area contributed by atoms with Gasteiger partial charge in [0.15, 0.2) is 0 Å². The molecule has 5 heteroatoms. The first kappa shape index (κ1) is 15.1. The largest absolute Gasteiger partial charge is 0.319 e. The molecule has 0 radical (unpaired) electrons. The molecule has 0 saturated heterocycles. The summed E-state index contributed by atoms with van der Waals surface area (Å²) in [4.78, 5) is 12.6. The third-order valence-corrected chi connectivity index (χ3v) is 4.49. The first-order valence-corrected chi connectivity index (χ1v) is 7.51. The van der Waals surface area contributed by atoms with Crippen LogP contribution in [-0.2, 0) is 0 Å². The molecular weight excluding hydrogens is 204 g/mol. The molecule has 0 rings (SSSR count). The Kier molecular flexibility index (Phi) is 7.38. The highest BCUT2D eigenvalue weighted by molar-refractivity contribution is 6.50. The van der Waals surface area contributed by atoms with Crippen molar-refractivity contribution in [3.05, 3.63) is 0 Å². The molecule has 0 aromatic rings. The first-order valence-electron chi connectivity index (χ1n) is 5.78. The van der Waals surface area contributed by atoms with Gasteiger partial charge in [-0.25, -0.2) is 0 Å². The van der Waals surface area contributed by atoms with Gasteiger partial charge in [-0.15, -0.1) is 0 Å². The Hall–Kier alpha value is 0.0569. The van der Waals surface area contributed by atoms with Crippen molar-refractivity contribution >= 4 is 9.28 Å². The molecule has 0 aliphatic carbocycles. The molecule has 0 amide bonds. The maximum Gasteiger partial charge on any atom is 0.264 e. The lowest BCUT2D eigenvalue weighted by atomic mass is 10.1. The third-order valence-electron chi connectivity index (χ3n) is 2.64. The van der Waals surface area contributed by atoms with E-state index in [9.17, 15) is 0 Å². The van der Waals surface area contributed by atoms with E-state index in [1.165, 1.54) is 0 Å². The van der Waals surface area contributed by atoms with Crippen LogP contribution in [0, 0.1) is 0 Å². The Morgan fingerprint density at radius 2 is 1.67 bits per heavy atom. The fourth-order valence-corrected chi connectivity index (χ4v) is 2.77. The predicted molar refractivity (Wildman–Crippen MR) is 70.3 cm³/mol. The number of nitrogens with one attached hydrogen (secondary N) is 3. The first-order chi connectivity index (χ1) is 6.95. The maximum atomic E-state index is 3.53. The van der Waals surface area contributed by atoms with Gasteiger partial charge in [-0.3, -0.25) is 4.90 Å². The lowest BCUT2D eigenvalue weighted by molar-refractivity contribution is 0.148. The van der Waals surface area contributed by atoms with E-state index < -0.39 is 9.28 Å². The van der Waals surface area contributed by atoms with Crippen LogP contribution in [0.4, 0.5) is 0 Å². The average Bonchev–Trinajstić information content (AvgIpc) is 2.16. The molecule has 0 aliphatic heterocycles. The summed E-state index contributed by atoms with van der Waals surface area (Å²) in [7, 11) is 2.91. The second kappa shape index (κ2) is 7.35. The molecule has 92 valence electrons. The Morgan fingerprint density at radius 1 is 1.13 bits per heavy atom. The monoisotopic (exact) mass is 232 g/mol. The highest BCUT2D eigenvalue weighted by atomic mass is 28.3. The molecule has 0 atom stereocenters. The zero-order chi connectivity index (χ0) is 11.9. The molecule has 0 heterocycles. The van der Waals surface area contributed by atoms with Gasteiger partial charge in [0.1, 0.15) is 0 Å². The number of hydrogen-bond acceptors (Lipinski definition) is 4. The van der Waals surface area contributed by atoms with Crippen molar-refractivity contribution in [3.63, 3.8) is 0 Å². The Morgan fingerprint density at radius 3 is 2.00 bits per heavy atom. The van der Waals surface area contributed by atoms with Crippen LogP contribution in [0.2, 0.25) is 0 Å². The van der Waals surface area contributed by atoms with Gasteiger partial charge in [-0.2, -0.15) is 0 Å². The number of rotatable bonds is 7. The summed E-state index contributed by atoms with van der Waals surface area (Å²) in [6.45, 7) is 12.3. The van der Waals surface area contributed by atoms with Gasteiger partial charge in [0, 0.05) is 18.6 Å². The van der Waals surface area contributed by atoms with Gasteiger partial charge in [0.05, 0.1) is 0 Å². The molecule has 4 nitrogen and oxygen atoms in total. The third kappa shape index (κ3) is 6.27. The van der Waals surface area contributed by atoms with Crippen LogP contribution in [0.3, 0.4) is 0 Å². The van der Waals surface area contributed by atoms with E-state index in [-0.39, 0.29) is 5.54 Å². The van der Waals surface area contributed by atoms with Gasteiger partial charge < -0.3 is 14.9 Å². The summed E-state index contributed by atoms with van der Waals surface area (Å²) < 4.78 is 0. The quantitative estimate of drug-likeness (QED) is 0.534. The van der Waals surface area contributed by atoms with Crippen molar-refractivity contribution in [2.45, 2.75) is 33.2 Å². The van der Waals surface area contributed by atoms with E-state index in [1.54, 1.807) is 0 Å². The minimum absolute atomic E-state index is 0.271. The van der Waals surface area contributed by atoms with Crippen molar-refractivity contribution in [1.82, 2.24) is 19.8 Å². The summed E-state index contributed by atoms with van der Waals surface area (Å²) in [5.41, 5.74) is 0.271. The molecule has 0 aromatic carbocycles. The van der Waals surface area contributed by atoms with E-state index in [2.05, 4.69) is 47.5 Å². The van der Waals surface area contributed by atoms with Crippen LogP contribution < -0.4 is 14.9 Å². The topological polar surface area (TPSA) is 39.3 Å². The van der Waals surface area contributed by atoms with Crippen LogP contribution >= 0.6 is 0 Å². The van der Waals surface area contributed by atoms with Crippen molar-refractivity contribution in [3.8, 4) is 0 Å². The predicted octanol–water partition coefficient (Wildman–Crippen LogP) is -0.148. The van der Waals surface area contributed by atoms with E-state index in [0.717, 1.165) is 19.6 Å². The van der Waals surface area contributed by atoms with Crippen LogP contribution in [0.5, 0.6) is 0 Å². The molecule has 0 aliphatic rings. The number of likely N-dealkylation sites (N-methyl/N-ethyl adjacent to an activating group) is 1. The van der Waals surface area contributed by atoms with Crippen molar-refractivity contribution in [2.75, 3.05) is 33.7 Å². The highest BCUT2D eigenvalue weighted by Crippen LogP contribution is 2.11. The molecular formula is C10H28N4Si. The summed E-state index contributed by atoms with van der Waals surface area (Å²) in [5, 5.41) is 0. The van der Waals surface area contributed by atoms with E-state index in [1.807, 2.05) is 14.1 Å². The summed E-state index contributed by atoms with van der Waals surface area (Å²) in [5.74, 6) is 0. The zero-order valence-corrected chi connectivity index (χ0v) is 12.3. The molecule has 0 unspecified atom stereocenters. The number of hydrogen-bond donors (Lipinski definition) is 3. The normalized spacial score (nSPS) is 12.8. The second-order valence-electron chi connectivity index (χ2n) is 4.71. The Balaban J connectivity index is 3.82. The molecule has 0 spiro atoms. The van der Waals surface area contributed by atoms with Crippen molar-refractivity contribution in [1.29, 1.82) is 0 Å². The van der Waals surface area contributed by atoms with Gasteiger partial charge >= 0.3 is 0 Å². The van der Waals surface area contributed by atoms with E-state index in [4.69, 9.17) is 0 Å².